The van der Waals surface area contributed by atoms with Crippen LogP contribution in [0.3, 0.4) is 0 Å². The Morgan fingerprint density at radius 3 is 2.18 bits per heavy atom. The minimum Gasteiger partial charge on any atom is -0.354 e. The first kappa shape index (κ1) is 48.5. The minimum absolute atomic E-state index is 0.0901. The van der Waals surface area contributed by atoms with Crippen LogP contribution in [0, 0.1) is 17.3 Å². The number of halogens is 5. The Kier molecular flexibility index (Phi) is 16.0. The lowest BCUT2D eigenvalue weighted by molar-refractivity contribution is -0.243. The number of benzene rings is 1. The van der Waals surface area contributed by atoms with E-state index in [0.717, 1.165) is 0 Å². The SMILES string of the molecule is CC(C)C[C@@H]1NC(=O)[C@@H](N(C)C(=O)[C@@H](NC(=O)[C@H](C)NC(=O)C2(C(F)(F)F)CCC2)C2CC2)CCCCNC(=O)C(C)(C)NC(=O)[C@H](Cc2cc(Cl)ccc2Cl)N(C)C1=O. The van der Waals surface area contributed by atoms with Crippen LogP contribution in [0.2, 0.25) is 10.0 Å². The van der Waals surface area contributed by atoms with Gasteiger partial charge in [0.05, 0.1) is 0 Å². The van der Waals surface area contributed by atoms with E-state index in [0.29, 0.717) is 41.3 Å². The second-order valence-electron chi connectivity index (χ2n) is 17.4. The van der Waals surface area contributed by atoms with Crippen molar-refractivity contribution in [2.24, 2.45) is 17.3 Å². The Balaban J connectivity index is 1.61. The fourth-order valence-corrected chi connectivity index (χ4v) is 7.93. The molecule has 3 aliphatic rings. The molecule has 19 heteroatoms. The third-order valence-electron chi connectivity index (χ3n) is 11.8. The van der Waals surface area contributed by atoms with Crippen molar-refractivity contribution in [1.82, 2.24) is 36.4 Å². The molecule has 5 N–H and O–H groups in total. The van der Waals surface area contributed by atoms with Gasteiger partial charge in [-0.3, -0.25) is 33.6 Å². The summed E-state index contributed by atoms with van der Waals surface area (Å²) in [5.74, 6) is -5.69. The van der Waals surface area contributed by atoms with Crippen molar-refractivity contribution in [2.45, 2.75) is 141 Å². The second-order valence-corrected chi connectivity index (χ2v) is 18.2. The summed E-state index contributed by atoms with van der Waals surface area (Å²) in [6.45, 7) is 8.17. The molecule has 0 aromatic heterocycles. The Morgan fingerprint density at radius 2 is 1.62 bits per heavy atom. The van der Waals surface area contributed by atoms with E-state index >= 15 is 0 Å². The molecule has 334 valence electrons. The molecule has 3 fully saturated rings. The Bertz CT molecular complexity index is 1810. The highest BCUT2D eigenvalue weighted by Crippen LogP contribution is 2.53. The molecular weight excluding hydrogens is 830 g/mol. The van der Waals surface area contributed by atoms with Crippen LogP contribution >= 0.6 is 23.2 Å². The maximum atomic E-state index is 14.4. The molecule has 0 unspecified atom stereocenters. The minimum atomic E-state index is -4.79. The molecule has 1 aromatic carbocycles. The number of hydrogen-bond acceptors (Lipinski definition) is 7. The summed E-state index contributed by atoms with van der Waals surface area (Å²) >= 11 is 12.8. The van der Waals surface area contributed by atoms with E-state index in [1.807, 2.05) is 13.8 Å². The van der Waals surface area contributed by atoms with Crippen molar-refractivity contribution in [3.63, 3.8) is 0 Å². The highest BCUT2D eigenvalue weighted by atomic mass is 35.5. The van der Waals surface area contributed by atoms with Gasteiger partial charge < -0.3 is 36.4 Å². The Hall–Kier alpha value is -4.12. The number of hydrogen-bond donors (Lipinski definition) is 5. The summed E-state index contributed by atoms with van der Waals surface area (Å²) in [4.78, 5) is 98.9. The standard InChI is InChI=1S/C41H58Cl2F3N7O7/c1-22(2)19-28-35(57)53(7)30(21-25-20-26(42)14-15-27(25)43)34(56)51-39(4,5)37(59)47-18-9-8-11-29(33(55)49-28)52(6)36(58)31(24-12-13-24)50-32(54)23(3)48-38(60)40(16-10-17-40)41(44,45)46/h14-15,20,22-24,28-31H,8-13,16-19,21H2,1-7H3,(H,47,59)(H,48,60)(H,49,55)(H,50,54)(H,51,56)/t23-,28-,29-,30-,31-/m0/s1. The first-order valence-electron chi connectivity index (χ1n) is 20.5. The van der Waals surface area contributed by atoms with E-state index in [1.165, 1.54) is 44.7 Å². The molecule has 0 spiro atoms. The number of nitrogens with one attached hydrogen (secondary N) is 5. The molecule has 5 atom stereocenters. The average Bonchev–Trinajstić information content (AvgIpc) is 3.97. The zero-order valence-electron chi connectivity index (χ0n) is 35.2. The summed E-state index contributed by atoms with van der Waals surface area (Å²) in [6, 6.07) is -1.40. The largest absolute Gasteiger partial charge is 0.403 e. The van der Waals surface area contributed by atoms with Crippen LogP contribution in [-0.4, -0.2) is 114 Å². The molecule has 14 nitrogen and oxygen atoms in total. The van der Waals surface area contributed by atoms with Crippen LogP contribution < -0.4 is 26.6 Å². The molecular formula is C41H58Cl2F3N7O7. The van der Waals surface area contributed by atoms with Gasteiger partial charge in [-0.25, -0.2) is 0 Å². The van der Waals surface area contributed by atoms with Crippen LogP contribution in [0.15, 0.2) is 18.2 Å². The van der Waals surface area contributed by atoms with E-state index in [9.17, 15) is 46.7 Å². The predicted octanol–water partition coefficient (Wildman–Crippen LogP) is 4.05. The van der Waals surface area contributed by atoms with E-state index in [2.05, 4.69) is 26.6 Å². The smallest absolute Gasteiger partial charge is 0.354 e. The average molecular weight is 889 g/mol. The van der Waals surface area contributed by atoms with Crippen LogP contribution in [0.4, 0.5) is 13.2 Å². The Labute approximate surface area is 359 Å². The number of rotatable bonds is 11. The van der Waals surface area contributed by atoms with Crippen LogP contribution in [0.5, 0.6) is 0 Å². The molecule has 7 amide bonds. The van der Waals surface area contributed by atoms with Gasteiger partial charge in [0, 0.05) is 37.1 Å². The van der Waals surface area contributed by atoms with E-state index < -0.39 is 88.7 Å². The first-order chi connectivity index (χ1) is 27.9. The number of alkyl halides is 3. The molecule has 60 heavy (non-hydrogen) atoms. The molecule has 1 aromatic rings. The van der Waals surface area contributed by atoms with E-state index in [1.54, 1.807) is 18.2 Å². The zero-order valence-corrected chi connectivity index (χ0v) is 36.7. The van der Waals surface area contributed by atoms with E-state index in [4.69, 9.17) is 23.2 Å². The van der Waals surface area contributed by atoms with Gasteiger partial charge in [0.1, 0.15) is 41.2 Å². The van der Waals surface area contributed by atoms with Crippen molar-refractivity contribution in [2.75, 3.05) is 20.6 Å². The molecule has 2 aliphatic carbocycles. The molecule has 0 radical (unpaired) electrons. The van der Waals surface area contributed by atoms with Gasteiger partial charge >= 0.3 is 6.18 Å². The van der Waals surface area contributed by atoms with Crippen molar-refractivity contribution in [3.05, 3.63) is 33.8 Å². The molecule has 2 saturated carbocycles. The van der Waals surface area contributed by atoms with Crippen molar-refractivity contribution < 1.29 is 46.7 Å². The zero-order chi connectivity index (χ0) is 44.9. The van der Waals surface area contributed by atoms with Crippen molar-refractivity contribution in [1.29, 1.82) is 0 Å². The van der Waals surface area contributed by atoms with Gasteiger partial charge in [-0.1, -0.05) is 43.5 Å². The number of amides is 7. The van der Waals surface area contributed by atoms with Gasteiger partial charge in [-0.15, -0.1) is 0 Å². The van der Waals surface area contributed by atoms with Gasteiger partial charge in [-0.05, 0) is 108 Å². The fraction of sp³-hybridized carbons (Fsp3) is 0.683. The van der Waals surface area contributed by atoms with Gasteiger partial charge in [0.25, 0.3) is 0 Å². The Morgan fingerprint density at radius 1 is 0.967 bits per heavy atom. The summed E-state index contributed by atoms with van der Waals surface area (Å²) in [7, 11) is 2.81. The molecule has 4 rings (SSSR count). The number of nitrogens with zero attached hydrogens (tertiary/aromatic N) is 2. The number of likely N-dealkylation sites (N-methyl/N-ethyl adjacent to an activating group) is 2. The van der Waals surface area contributed by atoms with Crippen LogP contribution in [0.25, 0.3) is 0 Å². The quantitative estimate of drug-likeness (QED) is 0.222. The van der Waals surface area contributed by atoms with Gasteiger partial charge in [0.2, 0.25) is 41.4 Å². The monoisotopic (exact) mass is 887 g/mol. The van der Waals surface area contributed by atoms with Crippen LogP contribution in [0.1, 0.15) is 98.0 Å². The lowest BCUT2D eigenvalue weighted by atomic mass is 9.67. The molecule has 1 saturated heterocycles. The topological polar surface area (TPSA) is 186 Å². The lowest BCUT2D eigenvalue weighted by Gasteiger charge is -2.41. The van der Waals surface area contributed by atoms with Gasteiger partial charge in [0.15, 0.2) is 0 Å². The molecule has 0 bridgehead atoms. The number of carbonyl (C=O) groups is 7. The summed E-state index contributed by atoms with van der Waals surface area (Å²) in [5, 5.41) is 13.9. The highest BCUT2D eigenvalue weighted by Gasteiger charge is 2.63. The fourth-order valence-electron chi connectivity index (χ4n) is 7.54. The second kappa shape index (κ2) is 19.7. The third kappa shape index (κ3) is 11.6. The maximum Gasteiger partial charge on any atom is 0.403 e. The summed E-state index contributed by atoms with van der Waals surface area (Å²) in [6.07, 6.45) is -3.36. The van der Waals surface area contributed by atoms with Crippen molar-refractivity contribution in [3.8, 4) is 0 Å². The summed E-state index contributed by atoms with van der Waals surface area (Å²) in [5.41, 5.74) is -3.51. The van der Waals surface area contributed by atoms with E-state index in [-0.39, 0.29) is 56.9 Å². The highest BCUT2D eigenvalue weighted by molar-refractivity contribution is 6.33. The number of carbonyl (C=O) groups excluding carboxylic acids is 7. The maximum absolute atomic E-state index is 14.4. The van der Waals surface area contributed by atoms with Crippen LogP contribution in [-0.2, 0) is 40.0 Å². The van der Waals surface area contributed by atoms with Crippen molar-refractivity contribution >= 4 is 64.6 Å². The molecule has 1 aliphatic heterocycles. The summed E-state index contributed by atoms with van der Waals surface area (Å²) < 4.78 is 41.4. The lowest BCUT2D eigenvalue weighted by Crippen LogP contribution is -2.62. The van der Waals surface area contributed by atoms with Gasteiger partial charge in [-0.2, -0.15) is 13.2 Å². The third-order valence-corrected chi connectivity index (χ3v) is 12.4. The first-order valence-corrected chi connectivity index (χ1v) is 21.2. The molecule has 1 heterocycles. The normalized spacial score (nSPS) is 23.9. The predicted molar refractivity (Wildman–Crippen MR) is 218 cm³/mol.